The van der Waals surface area contributed by atoms with E-state index < -0.39 is 0 Å². The van der Waals surface area contributed by atoms with Crippen LogP contribution >= 0.6 is 0 Å². The molecule has 2 aromatic rings. The van der Waals surface area contributed by atoms with Gasteiger partial charge in [0.15, 0.2) is 0 Å². The fraction of sp³-hybridized carbons (Fsp3) is 0. The van der Waals surface area contributed by atoms with Crippen LogP contribution in [0.2, 0.25) is 0 Å². The third-order valence-electron chi connectivity index (χ3n) is 1.65. The molecular formula is C12H9NaO. The van der Waals surface area contributed by atoms with Crippen molar-refractivity contribution in [1.29, 1.82) is 0 Å². The van der Waals surface area contributed by atoms with Crippen LogP contribution in [0.15, 0.2) is 54.6 Å². The molecule has 0 saturated heterocycles. The molecule has 0 unspecified atom stereocenters. The van der Waals surface area contributed by atoms with Crippen LogP contribution in [0.1, 0.15) is 0 Å². The van der Waals surface area contributed by atoms with Crippen molar-refractivity contribution >= 4 is 0 Å². The molecule has 14 heavy (non-hydrogen) atoms. The van der Waals surface area contributed by atoms with Crippen LogP contribution in [-0.2, 0) is 0 Å². The number of rotatable bonds is 2. The van der Waals surface area contributed by atoms with Gasteiger partial charge in [0.05, 0.1) is 0 Å². The molecule has 0 aliphatic heterocycles. The molecule has 0 aliphatic carbocycles. The van der Waals surface area contributed by atoms with Gasteiger partial charge in [-0.15, -0.1) is 12.1 Å². The zero-order valence-electron chi connectivity index (χ0n) is 8.10. The van der Waals surface area contributed by atoms with Gasteiger partial charge in [-0.05, 0) is 12.1 Å². The molecule has 2 rings (SSSR count). The normalized spacial score (nSPS) is 8.86. The summed E-state index contributed by atoms with van der Waals surface area (Å²) in [5.74, 6) is 1.58. The topological polar surface area (TPSA) is 9.23 Å². The molecule has 0 N–H and O–H groups in total. The first-order chi connectivity index (χ1) is 6.45. The second kappa shape index (κ2) is 5.86. The van der Waals surface area contributed by atoms with Gasteiger partial charge < -0.3 is 4.74 Å². The SMILES string of the molecule is [Na+].[c-]1ccccc1Oc1ccccc1. The van der Waals surface area contributed by atoms with Gasteiger partial charge in [-0.1, -0.05) is 18.2 Å². The summed E-state index contributed by atoms with van der Waals surface area (Å²) >= 11 is 0. The number of para-hydroxylation sites is 2. The predicted octanol–water partition coefficient (Wildman–Crippen LogP) is 0.283. The minimum atomic E-state index is 0. The van der Waals surface area contributed by atoms with Crippen molar-refractivity contribution in [1.82, 2.24) is 0 Å². The molecule has 0 atom stereocenters. The van der Waals surface area contributed by atoms with Gasteiger partial charge >= 0.3 is 29.6 Å². The maximum atomic E-state index is 5.52. The summed E-state index contributed by atoms with van der Waals surface area (Å²) < 4.78 is 5.52. The summed E-state index contributed by atoms with van der Waals surface area (Å²) in [6.07, 6.45) is 0. The van der Waals surface area contributed by atoms with E-state index in [4.69, 9.17) is 4.74 Å². The zero-order chi connectivity index (χ0) is 8.93. The molecule has 1 nitrogen and oxygen atoms in total. The van der Waals surface area contributed by atoms with E-state index >= 15 is 0 Å². The Hall–Kier alpha value is -0.760. The van der Waals surface area contributed by atoms with Gasteiger partial charge in [-0.2, -0.15) is 18.2 Å². The van der Waals surface area contributed by atoms with Crippen molar-refractivity contribution in [2.45, 2.75) is 0 Å². The molecule has 0 spiro atoms. The third-order valence-corrected chi connectivity index (χ3v) is 1.65. The van der Waals surface area contributed by atoms with Crippen LogP contribution in [0.5, 0.6) is 11.5 Å². The Morgan fingerprint density at radius 1 is 0.857 bits per heavy atom. The van der Waals surface area contributed by atoms with Crippen LogP contribution in [0, 0.1) is 6.07 Å². The van der Waals surface area contributed by atoms with Crippen molar-refractivity contribution in [3.05, 3.63) is 60.7 Å². The van der Waals surface area contributed by atoms with Crippen molar-refractivity contribution in [2.24, 2.45) is 0 Å². The van der Waals surface area contributed by atoms with E-state index in [9.17, 15) is 0 Å². The van der Waals surface area contributed by atoms with E-state index in [0.717, 1.165) is 11.5 Å². The summed E-state index contributed by atoms with van der Waals surface area (Å²) in [7, 11) is 0. The molecule has 0 heterocycles. The van der Waals surface area contributed by atoms with E-state index in [-0.39, 0.29) is 29.6 Å². The van der Waals surface area contributed by atoms with E-state index in [2.05, 4.69) is 6.07 Å². The molecule has 0 aromatic heterocycles. The molecule has 2 heteroatoms. The monoisotopic (exact) mass is 192 g/mol. The summed E-state index contributed by atoms with van der Waals surface area (Å²) in [6, 6.07) is 20.2. The second-order valence-electron chi connectivity index (χ2n) is 2.64. The number of benzene rings is 2. The Labute approximate surface area is 106 Å². The first-order valence-corrected chi connectivity index (χ1v) is 4.15. The van der Waals surface area contributed by atoms with Crippen LogP contribution < -0.4 is 34.3 Å². The van der Waals surface area contributed by atoms with Crippen molar-refractivity contribution in [3.63, 3.8) is 0 Å². The van der Waals surface area contributed by atoms with Crippen molar-refractivity contribution in [2.75, 3.05) is 0 Å². The van der Waals surface area contributed by atoms with E-state index in [1.807, 2.05) is 54.6 Å². The number of hydrogen-bond acceptors (Lipinski definition) is 1. The van der Waals surface area contributed by atoms with Crippen LogP contribution in [0.4, 0.5) is 0 Å². The van der Waals surface area contributed by atoms with Gasteiger partial charge in [0.25, 0.3) is 0 Å². The van der Waals surface area contributed by atoms with Crippen LogP contribution in [-0.4, -0.2) is 0 Å². The van der Waals surface area contributed by atoms with Crippen LogP contribution in [0.25, 0.3) is 0 Å². The molecule has 0 fully saturated rings. The van der Waals surface area contributed by atoms with Gasteiger partial charge in [-0.25, -0.2) is 0 Å². The average Bonchev–Trinajstić information content (AvgIpc) is 2.21. The number of hydrogen-bond donors (Lipinski definition) is 0. The summed E-state index contributed by atoms with van der Waals surface area (Å²) in [5, 5.41) is 0. The predicted molar refractivity (Wildman–Crippen MR) is 51.8 cm³/mol. The fourth-order valence-electron chi connectivity index (χ4n) is 1.06. The molecular weight excluding hydrogens is 183 g/mol. The maximum Gasteiger partial charge on any atom is 1.00 e. The minimum absolute atomic E-state index is 0. The van der Waals surface area contributed by atoms with Gasteiger partial charge in [0, 0.05) is 5.75 Å². The fourth-order valence-corrected chi connectivity index (χ4v) is 1.06. The Bertz CT molecular complexity index is 321. The zero-order valence-corrected chi connectivity index (χ0v) is 10.1. The smallest absolute Gasteiger partial charge is 0.483 e. The van der Waals surface area contributed by atoms with Crippen LogP contribution in [0.3, 0.4) is 0 Å². The molecule has 0 radical (unpaired) electrons. The van der Waals surface area contributed by atoms with E-state index in [0.29, 0.717) is 0 Å². The Kier molecular flexibility index (Phi) is 4.74. The van der Waals surface area contributed by atoms with Gasteiger partial charge in [0.2, 0.25) is 0 Å². The number of ether oxygens (including phenoxy) is 1. The second-order valence-corrected chi connectivity index (χ2v) is 2.64. The third kappa shape index (κ3) is 3.18. The summed E-state index contributed by atoms with van der Waals surface area (Å²) in [5.41, 5.74) is 0. The van der Waals surface area contributed by atoms with Crippen molar-refractivity contribution in [3.8, 4) is 11.5 Å². The molecule has 0 amide bonds. The maximum absolute atomic E-state index is 5.52. The Balaban J connectivity index is 0.000000980. The quantitative estimate of drug-likeness (QED) is 0.490. The first-order valence-electron chi connectivity index (χ1n) is 4.15. The standard InChI is InChI=1S/C12H9O.Na/c1-3-7-11(8-4-1)13-12-9-5-2-6-10-12;/h1-9H;/q-1;+1. The minimum Gasteiger partial charge on any atom is -0.483 e. The molecule has 2 aromatic carbocycles. The van der Waals surface area contributed by atoms with Gasteiger partial charge in [-0.3, -0.25) is 0 Å². The largest absolute Gasteiger partial charge is 1.00 e. The molecule has 64 valence electrons. The molecule has 0 aliphatic rings. The molecule has 0 bridgehead atoms. The van der Waals surface area contributed by atoms with E-state index in [1.54, 1.807) is 0 Å². The molecule has 0 saturated carbocycles. The Morgan fingerprint density at radius 3 is 2.21 bits per heavy atom. The van der Waals surface area contributed by atoms with E-state index in [1.165, 1.54) is 0 Å². The first kappa shape index (κ1) is 11.3. The Morgan fingerprint density at radius 2 is 1.57 bits per heavy atom. The average molecular weight is 192 g/mol. The van der Waals surface area contributed by atoms with Gasteiger partial charge in [0.1, 0.15) is 5.75 Å². The van der Waals surface area contributed by atoms with Crippen molar-refractivity contribution < 1.29 is 34.3 Å². The summed E-state index contributed by atoms with van der Waals surface area (Å²) in [6.45, 7) is 0. The summed E-state index contributed by atoms with van der Waals surface area (Å²) in [4.78, 5) is 0.